The zero-order valence-corrected chi connectivity index (χ0v) is 14.0. The van der Waals surface area contributed by atoms with Crippen molar-refractivity contribution < 1.29 is 13.9 Å². The van der Waals surface area contributed by atoms with E-state index in [1.807, 2.05) is 18.2 Å². The second kappa shape index (κ2) is 7.59. The van der Waals surface area contributed by atoms with Crippen molar-refractivity contribution >= 4 is 17.1 Å². The molecule has 0 unspecified atom stereocenters. The van der Waals surface area contributed by atoms with Crippen LogP contribution in [0.5, 0.6) is 5.88 Å². The van der Waals surface area contributed by atoms with Crippen LogP contribution in [0.15, 0.2) is 43.1 Å². The molecule has 0 radical (unpaired) electrons. The number of aromatic nitrogens is 4. The highest BCUT2D eigenvalue weighted by Gasteiger charge is 2.16. The Labute approximate surface area is 149 Å². The Morgan fingerprint density at radius 1 is 1.46 bits per heavy atom. The van der Waals surface area contributed by atoms with Gasteiger partial charge in [0, 0.05) is 31.0 Å². The third kappa shape index (κ3) is 3.56. The summed E-state index contributed by atoms with van der Waals surface area (Å²) in [6, 6.07) is 5.63. The van der Waals surface area contributed by atoms with Crippen LogP contribution in [0, 0.1) is 0 Å². The van der Waals surface area contributed by atoms with E-state index in [-0.39, 0.29) is 6.10 Å². The molecule has 3 aromatic rings. The molecule has 1 aliphatic heterocycles. The van der Waals surface area contributed by atoms with Crippen LogP contribution in [0.1, 0.15) is 0 Å². The van der Waals surface area contributed by atoms with Crippen LogP contribution in [-0.2, 0) is 4.74 Å². The third-order valence-corrected chi connectivity index (χ3v) is 4.08. The number of hydrogen-bond acceptors (Lipinski definition) is 6. The topological polar surface area (TPSA) is 74.1 Å². The number of fused-ring (bicyclic) bond motifs is 1. The molecular weight excluding hydrogens is 337 g/mol. The molecule has 1 fully saturated rings. The molecule has 1 saturated heterocycles. The summed E-state index contributed by atoms with van der Waals surface area (Å²) in [5.74, 6) is 0.494. The fourth-order valence-electron chi connectivity index (χ4n) is 2.81. The lowest BCUT2D eigenvalue weighted by Crippen LogP contribution is -2.41. The summed E-state index contributed by atoms with van der Waals surface area (Å²) in [6.07, 6.45) is 6.66. The average Bonchev–Trinajstić information content (AvgIpc) is 3.16. The van der Waals surface area contributed by atoms with Crippen LogP contribution in [-0.4, -0.2) is 52.2 Å². The van der Waals surface area contributed by atoms with Gasteiger partial charge in [-0.05, 0) is 18.2 Å². The molecule has 4 heterocycles. The molecule has 1 aliphatic rings. The van der Waals surface area contributed by atoms with Gasteiger partial charge in [0.15, 0.2) is 0 Å². The van der Waals surface area contributed by atoms with Gasteiger partial charge in [-0.25, -0.2) is 14.1 Å². The highest BCUT2D eigenvalue weighted by Crippen LogP contribution is 2.28. The lowest BCUT2D eigenvalue weighted by atomic mass is 10.2. The Hall–Kier alpha value is -2.84. The van der Waals surface area contributed by atoms with Crippen molar-refractivity contribution in [2.24, 2.45) is 0 Å². The second-order valence-corrected chi connectivity index (χ2v) is 5.87. The Balaban J connectivity index is 1.65. The van der Waals surface area contributed by atoms with E-state index in [0.29, 0.717) is 31.1 Å². The van der Waals surface area contributed by atoms with Crippen molar-refractivity contribution in [2.75, 3.05) is 26.3 Å². The van der Waals surface area contributed by atoms with Crippen LogP contribution in [0.25, 0.3) is 28.4 Å². The SMILES string of the molecule is F/C=C\n1cc(-c2cc3ncccc3c(OC[C@@H]3CNCCO3)n2)cn1. The van der Waals surface area contributed by atoms with E-state index in [9.17, 15) is 4.39 Å². The minimum Gasteiger partial charge on any atom is -0.474 e. The molecule has 3 aromatic heterocycles. The van der Waals surface area contributed by atoms with Gasteiger partial charge in [0.25, 0.3) is 0 Å². The number of morpholine rings is 1. The molecule has 0 amide bonds. The molecule has 7 nitrogen and oxygen atoms in total. The minimum absolute atomic E-state index is 0.0154. The van der Waals surface area contributed by atoms with Crippen molar-refractivity contribution in [3.63, 3.8) is 0 Å². The predicted molar refractivity (Wildman–Crippen MR) is 95.3 cm³/mol. The first-order valence-corrected chi connectivity index (χ1v) is 8.36. The maximum Gasteiger partial charge on any atom is 0.223 e. The summed E-state index contributed by atoms with van der Waals surface area (Å²) in [4.78, 5) is 9.02. The molecule has 26 heavy (non-hydrogen) atoms. The highest BCUT2D eigenvalue weighted by atomic mass is 19.1. The fraction of sp³-hybridized carbons (Fsp3) is 0.278. The van der Waals surface area contributed by atoms with Gasteiger partial charge in [0.05, 0.1) is 35.6 Å². The van der Waals surface area contributed by atoms with E-state index >= 15 is 0 Å². The number of ether oxygens (including phenoxy) is 2. The molecule has 0 aliphatic carbocycles. The zero-order chi connectivity index (χ0) is 17.8. The third-order valence-electron chi connectivity index (χ3n) is 4.08. The summed E-state index contributed by atoms with van der Waals surface area (Å²) in [6.45, 7) is 2.68. The van der Waals surface area contributed by atoms with Crippen LogP contribution >= 0.6 is 0 Å². The second-order valence-electron chi connectivity index (χ2n) is 5.87. The van der Waals surface area contributed by atoms with E-state index in [2.05, 4.69) is 20.4 Å². The van der Waals surface area contributed by atoms with Gasteiger partial charge in [-0.15, -0.1) is 0 Å². The van der Waals surface area contributed by atoms with Crippen LogP contribution in [0.2, 0.25) is 0 Å². The minimum atomic E-state index is -0.0154. The molecule has 4 rings (SSSR count). The van der Waals surface area contributed by atoms with E-state index in [1.165, 1.54) is 10.9 Å². The monoisotopic (exact) mass is 355 g/mol. The molecule has 134 valence electrons. The molecule has 0 aromatic carbocycles. The van der Waals surface area contributed by atoms with E-state index < -0.39 is 0 Å². The Morgan fingerprint density at radius 2 is 2.42 bits per heavy atom. The van der Waals surface area contributed by atoms with Gasteiger partial charge in [0.2, 0.25) is 5.88 Å². The van der Waals surface area contributed by atoms with Gasteiger partial charge in [-0.1, -0.05) is 0 Å². The van der Waals surface area contributed by atoms with Crippen molar-refractivity contribution in [1.29, 1.82) is 0 Å². The van der Waals surface area contributed by atoms with Gasteiger partial charge in [0.1, 0.15) is 19.0 Å². The van der Waals surface area contributed by atoms with E-state index in [0.717, 1.165) is 29.6 Å². The van der Waals surface area contributed by atoms with Gasteiger partial charge in [-0.2, -0.15) is 5.10 Å². The van der Waals surface area contributed by atoms with Gasteiger partial charge in [-0.3, -0.25) is 4.98 Å². The summed E-state index contributed by atoms with van der Waals surface area (Å²) < 4.78 is 25.3. The average molecular weight is 355 g/mol. The first-order valence-electron chi connectivity index (χ1n) is 8.36. The number of rotatable bonds is 5. The van der Waals surface area contributed by atoms with E-state index in [1.54, 1.807) is 18.6 Å². The van der Waals surface area contributed by atoms with Crippen LogP contribution in [0.3, 0.4) is 0 Å². The summed E-state index contributed by atoms with van der Waals surface area (Å²) in [5, 5.41) is 8.18. The standard InChI is InChI=1S/C18H18FN5O2/c19-3-6-24-11-13(9-22-24)16-8-17-15(2-1-4-21-17)18(23-16)26-12-14-10-20-5-7-25-14/h1-4,6,8-9,11,14,20H,5,7,10,12H2/b6-3-/t14-/m0/s1. The quantitative estimate of drug-likeness (QED) is 0.757. The normalized spacial score (nSPS) is 17.8. The molecule has 1 N–H and O–H groups in total. The smallest absolute Gasteiger partial charge is 0.223 e. The van der Waals surface area contributed by atoms with Crippen molar-refractivity contribution in [2.45, 2.75) is 6.10 Å². The molecule has 0 saturated carbocycles. The molecular formula is C18H18FN5O2. The van der Waals surface area contributed by atoms with Crippen LogP contribution in [0.4, 0.5) is 4.39 Å². The first-order chi connectivity index (χ1) is 12.8. The predicted octanol–water partition coefficient (Wildman–Crippen LogP) is 2.26. The molecule has 1 atom stereocenters. The van der Waals surface area contributed by atoms with Gasteiger partial charge < -0.3 is 14.8 Å². The number of nitrogens with one attached hydrogen (secondary N) is 1. The summed E-state index contributed by atoms with van der Waals surface area (Å²) >= 11 is 0. The Kier molecular flexibility index (Phi) is 4.85. The first kappa shape index (κ1) is 16.6. The summed E-state index contributed by atoms with van der Waals surface area (Å²) in [7, 11) is 0. The van der Waals surface area contributed by atoms with Gasteiger partial charge >= 0.3 is 0 Å². The number of nitrogens with zero attached hydrogens (tertiary/aromatic N) is 4. The van der Waals surface area contributed by atoms with Crippen molar-refractivity contribution in [3.8, 4) is 17.1 Å². The molecule has 0 spiro atoms. The van der Waals surface area contributed by atoms with Crippen molar-refractivity contribution in [1.82, 2.24) is 25.1 Å². The van der Waals surface area contributed by atoms with E-state index in [4.69, 9.17) is 9.47 Å². The Bertz CT molecular complexity index is 921. The number of halogens is 1. The largest absolute Gasteiger partial charge is 0.474 e. The number of pyridine rings is 2. The lowest BCUT2D eigenvalue weighted by molar-refractivity contribution is -0.000365. The maximum atomic E-state index is 12.3. The Morgan fingerprint density at radius 3 is 3.27 bits per heavy atom. The highest BCUT2D eigenvalue weighted by molar-refractivity contribution is 5.86. The molecule has 8 heteroatoms. The summed E-state index contributed by atoms with van der Waals surface area (Å²) in [5.41, 5.74) is 2.17. The van der Waals surface area contributed by atoms with Crippen LogP contribution < -0.4 is 10.1 Å². The van der Waals surface area contributed by atoms with Crippen molar-refractivity contribution in [3.05, 3.63) is 43.1 Å². The fourth-order valence-corrected chi connectivity index (χ4v) is 2.81. The zero-order valence-electron chi connectivity index (χ0n) is 14.0. The maximum absolute atomic E-state index is 12.3. The molecule has 0 bridgehead atoms. The lowest BCUT2D eigenvalue weighted by Gasteiger charge is -2.23. The number of hydrogen-bond donors (Lipinski definition) is 1.